The minimum Gasteiger partial charge on any atom is -0.392 e. The SMILES string of the molecule is CC(=Cc1cc(Br)cs1)CO. The van der Waals surface area contributed by atoms with Gasteiger partial charge in [0, 0.05) is 14.7 Å². The van der Waals surface area contributed by atoms with Crippen LogP contribution in [0.1, 0.15) is 11.8 Å². The molecule has 1 rings (SSSR count). The van der Waals surface area contributed by atoms with E-state index in [9.17, 15) is 0 Å². The smallest absolute Gasteiger partial charge is 0.0642 e. The van der Waals surface area contributed by atoms with Gasteiger partial charge in [0.25, 0.3) is 0 Å². The van der Waals surface area contributed by atoms with E-state index in [1.807, 2.05) is 24.4 Å². The molecule has 0 atom stereocenters. The lowest BCUT2D eigenvalue weighted by molar-refractivity contribution is 0.332. The molecular weight excluding hydrogens is 224 g/mol. The van der Waals surface area contributed by atoms with Gasteiger partial charge in [0.15, 0.2) is 0 Å². The number of rotatable bonds is 2. The fraction of sp³-hybridized carbons (Fsp3) is 0.250. The summed E-state index contributed by atoms with van der Waals surface area (Å²) in [4.78, 5) is 1.17. The van der Waals surface area contributed by atoms with Gasteiger partial charge in [-0.25, -0.2) is 0 Å². The van der Waals surface area contributed by atoms with Gasteiger partial charge in [0.1, 0.15) is 0 Å². The Morgan fingerprint density at radius 3 is 3.00 bits per heavy atom. The predicted octanol–water partition coefficient (Wildman–Crippen LogP) is 2.91. The molecule has 1 aromatic rings. The fourth-order valence-electron chi connectivity index (χ4n) is 0.692. The van der Waals surface area contributed by atoms with Crippen LogP contribution < -0.4 is 0 Å². The molecule has 1 N–H and O–H groups in total. The largest absolute Gasteiger partial charge is 0.392 e. The highest BCUT2D eigenvalue weighted by Gasteiger charge is 1.93. The van der Waals surface area contributed by atoms with Crippen molar-refractivity contribution in [2.45, 2.75) is 6.92 Å². The molecule has 0 saturated heterocycles. The maximum atomic E-state index is 8.73. The zero-order chi connectivity index (χ0) is 8.27. The van der Waals surface area contributed by atoms with Crippen molar-refractivity contribution < 1.29 is 5.11 Å². The number of thiophene rings is 1. The second-order valence-electron chi connectivity index (χ2n) is 2.32. The Kier molecular flexibility index (Phi) is 3.30. The Bertz CT molecular complexity index is 265. The molecule has 1 nitrogen and oxygen atoms in total. The van der Waals surface area contributed by atoms with Gasteiger partial charge in [0.2, 0.25) is 0 Å². The van der Waals surface area contributed by atoms with Gasteiger partial charge in [-0.3, -0.25) is 0 Å². The van der Waals surface area contributed by atoms with Gasteiger partial charge in [-0.15, -0.1) is 11.3 Å². The molecule has 11 heavy (non-hydrogen) atoms. The van der Waals surface area contributed by atoms with Gasteiger partial charge in [-0.1, -0.05) is 0 Å². The molecule has 3 heteroatoms. The van der Waals surface area contributed by atoms with Crippen LogP contribution in [0.3, 0.4) is 0 Å². The molecule has 1 aromatic heterocycles. The lowest BCUT2D eigenvalue weighted by Gasteiger charge is -1.90. The summed E-state index contributed by atoms with van der Waals surface area (Å²) in [6.07, 6.45) is 1.98. The van der Waals surface area contributed by atoms with Crippen LogP contribution in [0.2, 0.25) is 0 Å². The molecule has 0 spiro atoms. The minimum absolute atomic E-state index is 0.134. The molecule has 0 aliphatic heterocycles. The van der Waals surface area contributed by atoms with E-state index in [1.54, 1.807) is 11.3 Å². The Morgan fingerprint density at radius 2 is 2.55 bits per heavy atom. The minimum atomic E-state index is 0.134. The van der Waals surface area contributed by atoms with Crippen molar-refractivity contribution in [1.82, 2.24) is 0 Å². The van der Waals surface area contributed by atoms with Crippen LogP contribution in [0.5, 0.6) is 0 Å². The topological polar surface area (TPSA) is 20.2 Å². The average molecular weight is 233 g/mol. The van der Waals surface area contributed by atoms with Crippen LogP contribution in [-0.2, 0) is 0 Å². The molecule has 0 radical (unpaired) electrons. The van der Waals surface area contributed by atoms with Gasteiger partial charge < -0.3 is 5.11 Å². The molecule has 0 unspecified atom stereocenters. The van der Waals surface area contributed by atoms with Crippen molar-refractivity contribution in [3.05, 3.63) is 26.4 Å². The van der Waals surface area contributed by atoms with Crippen LogP contribution >= 0.6 is 27.3 Å². The molecular formula is C8H9BrOS. The lowest BCUT2D eigenvalue weighted by Crippen LogP contribution is -1.81. The summed E-state index contributed by atoms with van der Waals surface area (Å²) in [6.45, 7) is 2.04. The summed E-state index contributed by atoms with van der Waals surface area (Å²) in [5.74, 6) is 0. The molecule has 0 bridgehead atoms. The molecule has 0 aliphatic rings. The Morgan fingerprint density at radius 1 is 1.82 bits per heavy atom. The molecule has 1 heterocycles. The van der Waals surface area contributed by atoms with E-state index in [1.165, 1.54) is 4.88 Å². The molecule has 0 aliphatic carbocycles. The molecule has 0 amide bonds. The van der Waals surface area contributed by atoms with Crippen LogP contribution in [0.4, 0.5) is 0 Å². The van der Waals surface area contributed by atoms with Crippen LogP contribution in [0, 0.1) is 0 Å². The third kappa shape index (κ3) is 2.77. The third-order valence-corrected chi connectivity index (χ3v) is 2.87. The van der Waals surface area contributed by atoms with E-state index in [0.29, 0.717) is 0 Å². The Balaban J connectivity index is 2.78. The quantitative estimate of drug-likeness (QED) is 0.832. The third-order valence-electron chi connectivity index (χ3n) is 1.23. The summed E-state index contributed by atoms with van der Waals surface area (Å²) in [6, 6.07) is 2.03. The highest BCUT2D eigenvalue weighted by molar-refractivity contribution is 9.10. The second kappa shape index (κ2) is 4.04. The van der Waals surface area contributed by atoms with Crippen LogP contribution in [0.15, 0.2) is 21.5 Å². The zero-order valence-corrected chi connectivity index (χ0v) is 8.58. The van der Waals surface area contributed by atoms with Gasteiger partial charge in [-0.2, -0.15) is 0 Å². The zero-order valence-electron chi connectivity index (χ0n) is 6.17. The summed E-state index contributed by atoms with van der Waals surface area (Å²) in [5.41, 5.74) is 0.986. The van der Waals surface area contributed by atoms with E-state index in [0.717, 1.165) is 10.0 Å². The summed E-state index contributed by atoms with van der Waals surface area (Å²) in [5, 5.41) is 10.8. The van der Waals surface area contributed by atoms with Crippen molar-refractivity contribution in [3.8, 4) is 0 Å². The van der Waals surface area contributed by atoms with E-state index < -0.39 is 0 Å². The first kappa shape index (κ1) is 8.97. The lowest BCUT2D eigenvalue weighted by atomic mass is 10.3. The van der Waals surface area contributed by atoms with Crippen molar-refractivity contribution in [2.24, 2.45) is 0 Å². The summed E-state index contributed by atoms with van der Waals surface area (Å²) in [7, 11) is 0. The molecule has 0 saturated carbocycles. The van der Waals surface area contributed by atoms with E-state index >= 15 is 0 Å². The maximum Gasteiger partial charge on any atom is 0.0642 e. The van der Waals surface area contributed by atoms with E-state index in [4.69, 9.17) is 5.11 Å². The monoisotopic (exact) mass is 232 g/mol. The highest BCUT2D eigenvalue weighted by atomic mass is 79.9. The summed E-state index contributed by atoms with van der Waals surface area (Å²) < 4.78 is 1.10. The standard InChI is InChI=1S/C8H9BrOS/c1-6(4-10)2-8-3-7(9)5-11-8/h2-3,5,10H,4H2,1H3. The number of hydrogen-bond donors (Lipinski definition) is 1. The number of hydrogen-bond acceptors (Lipinski definition) is 2. The van der Waals surface area contributed by atoms with E-state index in [-0.39, 0.29) is 6.61 Å². The molecule has 0 aromatic carbocycles. The van der Waals surface area contributed by atoms with Crippen LogP contribution in [-0.4, -0.2) is 11.7 Å². The van der Waals surface area contributed by atoms with Crippen molar-refractivity contribution >= 4 is 33.3 Å². The number of aliphatic hydroxyl groups is 1. The first-order valence-corrected chi connectivity index (χ1v) is 4.91. The average Bonchev–Trinajstić information content (AvgIpc) is 2.35. The Labute approximate surface area is 78.5 Å². The summed E-state index contributed by atoms with van der Waals surface area (Å²) >= 11 is 5.02. The normalized spacial score (nSPS) is 12.1. The Hall–Kier alpha value is -0.120. The van der Waals surface area contributed by atoms with Crippen molar-refractivity contribution in [1.29, 1.82) is 0 Å². The first-order chi connectivity index (χ1) is 5.22. The van der Waals surface area contributed by atoms with E-state index in [2.05, 4.69) is 15.9 Å². The number of aliphatic hydroxyl groups excluding tert-OH is 1. The molecule has 0 fully saturated rings. The first-order valence-electron chi connectivity index (χ1n) is 3.24. The van der Waals surface area contributed by atoms with Gasteiger partial charge in [0.05, 0.1) is 6.61 Å². The second-order valence-corrected chi connectivity index (χ2v) is 4.17. The van der Waals surface area contributed by atoms with Crippen molar-refractivity contribution in [2.75, 3.05) is 6.61 Å². The van der Waals surface area contributed by atoms with Crippen molar-refractivity contribution in [3.63, 3.8) is 0 Å². The number of halogens is 1. The van der Waals surface area contributed by atoms with Gasteiger partial charge >= 0.3 is 0 Å². The molecule has 60 valence electrons. The fourth-order valence-corrected chi connectivity index (χ4v) is 2.15. The highest BCUT2D eigenvalue weighted by Crippen LogP contribution is 2.21. The predicted molar refractivity (Wildman–Crippen MR) is 52.8 cm³/mol. The van der Waals surface area contributed by atoms with Crippen LogP contribution in [0.25, 0.3) is 6.08 Å². The maximum absolute atomic E-state index is 8.73. The van der Waals surface area contributed by atoms with Gasteiger partial charge in [-0.05, 0) is 40.6 Å².